The van der Waals surface area contributed by atoms with Crippen molar-refractivity contribution in [2.45, 2.75) is 0 Å². The van der Waals surface area contributed by atoms with Crippen LogP contribution in [0.25, 0.3) is 0 Å². The summed E-state index contributed by atoms with van der Waals surface area (Å²) >= 11 is 5.37. The summed E-state index contributed by atoms with van der Waals surface area (Å²) in [6.45, 7) is -0.584. The van der Waals surface area contributed by atoms with Crippen molar-refractivity contribution in [2.75, 3.05) is 20.1 Å². The Labute approximate surface area is 48.6 Å². The third kappa shape index (κ3) is 6.64. The maximum atomic E-state index is 8.77. The van der Waals surface area contributed by atoms with Gasteiger partial charge in [-0.1, -0.05) is 0 Å². The van der Waals surface area contributed by atoms with E-state index in [4.69, 9.17) is 16.1 Å². The van der Waals surface area contributed by atoms with E-state index >= 15 is 0 Å². The van der Waals surface area contributed by atoms with E-state index in [1.165, 1.54) is 7.11 Å². The fraction of sp³-hybridized carbons (Fsp3) is 1.00. The van der Waals surface area contributed by atoms with Gasteiger partial charge in [0.15, 0.2) is 6.35 Å². The fourth-order valence-electron chi connectivity index (χ4n) is 0.236. The molecule has 0 aromatic rings. The zero-order valence-corrected chi connectivity index (χ0v) is 6.04. The van der Waals surface area contributed by atoms with Gasteiger partial charge in [0, 0.05) is 7.11 Å². The molecule has 0 aliphatic carbocycles. The first-order chi connectivity index (χ1) is 3.06. The van der Waals surface area contributed by atoms with Crippen LogP contribution in [0.15, 0.2) is 0 Å². The molecule has 0 radical (unpaired) electrons. The molecule has 0 bridgehead atoms. The van der Waals surface area contributed by atoms with Crippen LogP contribution in [-0.4, -0.2) is 25.0 Å². The molecule has 4 heteroatoms. The van der Waals surface area contributed by atoms with E-state index in [1.54, 1.807) is 6.66 Å². The highest BCUT2D eigenvalue weighted by Crippen LogP contribution is 2.55. The first-order valence-corrected chi connectivity index (χ1v) is 5.11. The smallest absolute Gasteiger partial charge is 0.262 e. The molecule has 0 amide bonds. The lowest BCUT2D eigenvalue weighted by molar-refractivity contribution is 0.247. The number of ether oxygens (including phenoxy) is 1. The normalized spacial score (nSPS) is 18.9. The Morgan fingerprint density at radius 3 is 2.29 bits per heavy atom. The minimum atomic E-state index is -2.17. The van der Waals surface area contributed by atoms with Crippen LogP contribution in [0.5, 0.6) is 0 Å². The lowest BCUT2D eigenvalue weighted by atomic mass is 11.5. The molecule has 44 valence electrons. The van der Waals surface area contributed by atoms with E-state index < -0.39 is 6.84 Å². The fourth-order valence-corrected chi connectivity index (χ4v) is 1.000. The lowest BCUT2D eigenvalue weighted by Crippen LogP contribution is -1.89. The van der Waals surface area contributed by atoms with E-state index in [2.05, 4.69) is 4.74 Å². The molecule has 7 heavy (non-hydrogen) atoms. The van der Waals surface area contributed by atoms with Crippen molar-refractivity contribution in [3.05, 3.63) is 0 Å². The Morgan fingerprint density at radius 2 is 2.29 bits per heavy atom. The maximum Gasteiger partial charge on any atom is 0.262 e. The van der Waals surface area contributed by atoms with Crippen molar-refractivity contribution in [3.63, 3.8) is 0 Å². The van der Waals surface area contributed by atoms with Crippen molar-refractivity contribution < 1.29 is 9.63 Å². The Morgan fingerprint density at radius 1 is 1.86 bits per heavy atom. The van der Waals surface area contributed by atoms with Crippen LogP contribution in [0.3, 0.4) is 0 Å². The summed E-state index contributed by atoms with van der Waals surface area (Å²) < 4.78 is 4.57. The van der Waals surface area contributed by atoms with Gasteiger partial charge in [0.05, 0.1) is 6.66 Å². The van der Waals surface area contributed by atoms with Gasteiger partial charge in [-0.15, -0.1) is 0 Å². The number of hydrogen-bond donors (Lipinski definition) is 1. The molecule has 0 spiro atoms. The van der Waals surface area contributed by atoms with Crippen LogP contribution in [-0.2, 0) is 4.74 Å². The average molecular weight is 144 g/mol. The van der Waals surface area contributed by atoms with Gasteiger partial charge in [0.2, 0.25) is 0 Å². The summed E-state index contributed by atoms with van der Waals surface area (Å²) in [6.07, 6.45) is 0.272. The van der Waals surface area contributed by atoms with E-state index in [0.717, 1.165) is 0 Å². The second-order valence-electron chi connectivity index (χ2n) is 1.44. The highest BCUT2D eigenvalue weighted by molar-refractivity contribution is 7.93. The topological polar surface area (TPSA) is 29.5 Å². The molecular formula is C3H9ClO2P+. The molecule has 0 saturated carbocycles. The summed E-state index contributed by atoms with van der Waals surface area (Å²) in [5, 5.41) is 0. The number of halogens is 1. The molecule has 0 heterocycles. The second kappa shape index (κ2) is 2.83. The molecule has 1 unspecified atom stereocenters. The van der Waals surface area contributed by atoms with E-state index in [-0.39, 0.29) is 6.35 Å². The number of methoxy groups -OCH3 is 1. The van der Waals surface area contributed by atoms with Crippen LogP contribution >= 0.6 is 18.1 Å². The van der Waals surface area contributed by atoms with Crippen molar-refractivity contribution in [1.29, 1.82) is 0 Å². The molecule has 0 fully saturated rings. The summed E-state index contributed by atoms with van der Waals surface area (Å²) in [5.41, 5.74) is 0. The third-order valence-corrected chi connectivity index (χ3v) is 1.39. The van der Waals surface area contributed by atoms with Gasteiger partial charge < -0.3 is 4.74 Å². The van der Waals surface area contributed by atoms with Gasteiger partial charge in [-0.3, -0.25) is 0 Å². The van der Waals surface area contributed by atoms with Crippen molar-refractivity contribution in [2.24, 2.45) is 0 Å². The zero-order valence-electron chi connectivity index (χ0n) is 4.39. The predicted octanol–water partition coefficient (Wildman–Crippen LogP) is 1.30. The van der Waals surface area contributed by atoms with Gasteiger partial charge in [-0.2, -0.15) is 0 Å². The minimum absolute atomic E-state index is 0.272. The molecule has 0 saturated heterocycles. The Balaban J connectivity index is 3.15. The highest BCUT2D eigenvalue weighted by atomic mass is 35.7. The maximum absolute atomic E-state index is 8.77. The molecular weight excluding hydrogens is 134 g/mol. The van der Waals surface area contributed by atoms with Crippen molar-refractivity contribution >= 4 is 18.1 Å². The number of rotatable bonds is 2. The van der Waals surface area contributed by atoms with Crippen LogP contribution in [0.2, 0.25) is 0 Å². The summed E-state index contributed by atoms with van der Waals surface area (Å²) in [6, 6.07) is 0. The van der Waals surface area contributed by atoms with Gasteiger partial charge in [-0.25, -0.2) is 4.89 Å². The lowest BCUT2D eigenvalue weighted by Gasteiger charge is -2.00. The number of hydrogen-bond acceptors (Lipinski definition) is 2. The third-order valence-electron chi connectivity index (χ3n) is 0.365. The van der Waals surface area contributed by atoms with Crippen LogP contribution < -0.4 is 0 Å². The van der Waals surface area contributed by atoms with Crippen LogP contribution in [0, 0.1) is 0 Å². The quantitative estimate of drug-likeness (QED) is 0.591. The Hall–Kier alpha value is 0.640. The van der Waals surface area contributed by atoms with E-state index in [0.29, 0.717) is 0 Å². The molecule has 0 aliphatic heterocycles. The molecule has 1 atom stereocenters. The standard InChI is InChI=1S/C3H9ClO2P/c1-6-3-7(2,4)5/h5H,3H2,1-2H3/q+1. The predicted molar refractivity (Wildman–Crippen MR) is 32.8 cm³/mol. The second-order valence-corrected chi connectivity index (χ2v) is 5.93. The Kier molecular flexibility index (Phi) is 3.09. The minimum Gasteiger partial charge on any atom is -0.346 e. The highest BCUT2D eigenvalue weighted by Gasteiger charge is 2.24. The average Bonchev–Trinajstić information content (AvgIpc) is 1.30. The first kappa shape index (κ1) is 7.64. The largest absolute Gasteiger partial charge is 0.346 e. The van der Waals surface area contributed by atoms with Crippen LogP contribution in [0.4, 0.5) is 0 Å². The summed E-state index contributed by atoms with van der Waals surface area (Å²) in [7, 11) is 1.51. The SMILES string of the molecule is COC[P+](C)(O)Cl. The molecule has 0 aliphatic rings. The molecule has 0 aromatic heterocycles. The monoisotopic (exact) mass is 143 g/mol. The molecule has 1 N–H and O–H groups in total. The van der Waals surface area contributed by atoms with E-state index in [1.807, 2.05) is 0 Å². The van der Waals surface area contributed by atoms with Crippen molar-refractivity contribution in [1.82, 2.24) is 0 Å². The van der Waals surface area contributed by atoms with Crippen molar-refractivity contribution in [3.8, 4) is 0 Å². The van der Waals surface area contributed by atoms with Gasteiger partial charge >= 0.3 is 0 Å². The molecule has 2 nitrogen and oxygen atoms in total. The van der Waals surface area contributed by atoms with E-state index in [9.17, 15) is 0 Å². The van der Waals surface area contributed by atoms with Gasteiger partial charge in [0.25, 0.3) is 6.84 Å². The van der Waals surface area contributed by atoms with Crippen LogP contribution in [0.1, 0.15) is 0 Å². The molecule has 0 aromatic carbocycles. The van der Waals surface area contributed by atoms with Gasteiger partial charge in [-0.05, 0) is 0 Å². The molecule has 0 rings (SSSR count). The summed E-state index contributed by atoms with van der Waals surface area (Å²) in [4.78, 5) is 8.77. The zero-order chi connectivity index (χ0) is 5.91. The first-order valence-electron chi connectivity index (χ1n) is 1.83. The Bertz CT molecular complexity index is 51.4. The summed E-state index contributed by atoms with van der Waals surface area (Å²) in [5.74, 6) is 0. The van der Waals surface area contributed by atoms with Gasteiger partial charge in [0.1, 0.15) is 11.2 Å².